The lowest BCUT2D eigenvalue weighted by Gasteiger charge is -1.99. The molecule has 1 N–H and O–H groups in total. The molecule has 2 aromatic carbocycles. The van der Waals surface area contributed by atoms with Crippen molar-refractivity contribution in [1.29, 1.82) is 0 Å². The summed E-state index contributed by atoms with van der Waals surface area (Å²) in [6, 6.07) is 10.5. The van der Waals surface area contributed by atoms with Gasteiger partial charge >= 0.3 is 5.69 Å². The van der Waals surface area contributed by atoms with Gasteiger partial charge in [-0.3, -0.25) is 14.9 Å². The molecule has 0 atom stereocenters. The second-order valence-corrected chi connectivity index (χ2v) is 4.43. The van der Waals surface area contributed by atoms with Crippen LogP contribution in [0.2, 0.25) is 0 Å². The third-order valence-electron chi connectivity index (χ3n) is 2.97. The van der Waals surface area contributed by atoms with E-state index in [1.165, 1.54) is 18.2 Å². The van der Waals surface area contributed by atoms with Crippen LogP contribution in [0.3, 0.4) is 0 Å². The summed E-state index contributed by atoms with van der Waals surface area (Å²) >= 11 is 0. The molecule has 0 amide bonds. The van der Waals surface area contributed by atoms with Gasteiger partial charge in [0.15, 0.2) is 5.78 Å². The molecule has 112 valence electrons. The molecule has 2 rings (SSSR count). The second kappa shape index (κ2) is 6.57. The summed E-state index contributed by atoms with van der Waals surface area (Å²) < 4.78 is 0. The zero-order valence-corrected chi connectivity index (χ0v) is 11.8. The highest BCUT2D eigenvalue weighted by atomic mass is 16.6. The van der Waals surface area contributed by atoms with Crippen LogP contribution in [0.4, 0.5) is 17.1 Å². The van der Waals surface area contributed by atoms with Crippen molar-refractivity contribution in [3.8, 4) is 5.75 Å². The molecule has 0 heterocycles. The number of hydrogen-bond acceptors (Lipinski definition) is 6. The standard InChI is InChI=1S/C15H13N3O4/c1-2-14(19)10-6-8-11(9-7-10)16-17-12-4-3-5-13(15(12)20)18(21)22/h3-9,20H,2H2,1H3. The number of para-hydroxylation sites is 1. The van der Waals surface area contributed by atoms with Gasteiger partial charge in [-0.05, 0) is 30.3 Å². The van der Waals surface area contributed by atoms with E-state index in [1.54, 1.807) is 31.2 Å². The van der Waals surface area contributed by atoms with Crippen LogP contribution in [0.15, 0.2) is 52.7 Å². The van der Waals surface area contributed by atoms with E-state index in [-0.39, 0.29) is 11.5 Å². The lowest BCUT2D eigenvalue weighted by Crippen LogP contribution is -1.94. The van der Waals surface area contributed by atoms with E-state index in [9.17, 15) is 20.0 Å². The van der Waals surface area contributed by atoms with E-state index < -0.39 is 16.4 Å². The van der Waals surface area contributed by atoms with Crippen LogP contribution in [0, 0.1) is 10.1 Å². The number of phenols is 1. The molecule has 7 nitrogen and oxygen atoms in total. The fourth-order valence-corrected chi connectivity index (χ4v) is 1.78. The normalized spacial score (nSPS) is 10.8. The number of ketones is 1. The number of nitrogens with zero attached hydrogens (tertiary/aromatic N) is 3. The molecule has 0 aromatic heterocycles. The minimum absolute atomic E-state index is 0.00270. The zero-order valence-electron chi connectivity index (χ0n) is 11.8. The van der Waals surface area contributed by atoms with Gasteiger partial charge in [0.25, 0.3) is 0 Å². The van der Waals surface area contributed by atoms with E-state index in [2.05, 4.69) is 10.2 Å². The van der Waals surface area contributed by atoms with Crippen molar-refractivity contribution in [2.45, 2.75) is 13.3 Å². The van der Waals surface area contributed by atoms with Gasteiger partial charge in [0, 0.05) is 18.1 Å². The smallest absolute Gasteiger partial charge is 0.313 e. The molecule has 0 fully saturated rings. The maximum Gasteiger partial charge on any atom is 0.313 e. The van der Waals surface area contributed by atoms with Gasteiger partial charge in [0.1, 0.15) is 5.69 Å². The number of aromatic hydroxyl groups is 1. The van der Waals surface area contributed by atoms with Crippen LogP contribution < -0.4 is 0 Å². The number of benzene rings is 2. The topological polar surface area (TPSA) is 105 Å². The number of azo groups is 1. The number of phenolic OH excluding ortho intramolecular Hbond substituents is 1. The molecule has 7 heteroatoms. The summed E-state index contributed by atoms with van der Waals surface area (Å²) in [4.78, 5) is 21.5. The Morgan fingerprint density at radius 2 is 1.86 bits per heavy atom. The average molecular weight is 299 g/mol. The Kier molecular flexibility index (Phi) is 4.57. The van der Waals surface area contributed by atoms with E-state index >= 15 is 0 Å². The predicted molar refractivity (Wildman–Crippen MR) is 80.0 cm³/mol. The monoisotopic (exact) mass is 299 g/mol. The van der Waals surface area contributed by atoms with Crippen molar-refractivity contribution in [3.63, 3.8) is 0 Å². The van der Waals surface area contributed by atoms with E-state index in [0.29, 0.717) is 17.7 Å². The number of carbonyl (C=O) groups excluding carboxylic acids is 1. The summed E-state index contributed by atoms with van der Waals surface area (Å²) in [5, 5.41) is 28.2. The second-order valence-electron chi connectivity index (χ2n) is 4.43. The van der Waals surface area contributed by atoms with Gasteiger partial charge in [-0.2, -0.15) is 5.11 Å². The maximum atomic E-state index is 11.5. The molecule has 0 saturated carbocycles. The Morgan fingerprint density at radius 3 is 2.45 bits per heavy atom. The SMILES string of the molecule is CCC(=O)c1ccc(N=Nc2cccc([N+](=O)[O-])c2O)cc1. The Bertz CT molecular complexity index is 739. The average Bonchev–Trinajstić information content (AvgIpc) is 2.53. The molecule has 0 spiro atoms. The van der Waals surface area contributed by atoms with Crippen molar-refractivity contribution in [2.75, 3.05) is 0 Å². The lowest BCUT2D eigenvalue weighted by atomic mass is 10.1. The van der Waals surface area contributed by atoms with Crippen molar-refractivity contribution in [2.24, 2.45) is 10.2 Å². The highest BCUT2D eigenvalue weighted by Gasteiger charge is 2.16. The first-order valence-electron chi connectivity index (χ1n) is 6.54. The Balaban J connectivity index is 2.24. The minimum Gasteiger partial charge on any atom is -0.501 e. The molecule has 0 aliphatic rings. The highest BCUT2D eigenvalue weighted by Crippen LogP contribution is 2.36. The van der Waals surface area contributed by atoms with Gasteiger partial charge in [-0.25, -0.2) is 0 Å². The number of Topliss-reactive ketones (excluding diaryl/α,β-unsaturated/α-hetero) is 1. The van der Waals surface area contributed by atoms with Gasteiger partial charge < -0.3 is 5.11 Å². The van der Waals surface area contributed by atoms with Crippen molar-refractivity contribution >= 4 is 22.8 Å². The van der Waals surface area contributed by atoms with Crippen LogP contribution in [0.25, 0.3) is 0 Å². The van der Waals surface area contributed by atoms with Crippen molar-refractivity contribution in [3.05, 3.63) is 58.1 Å². The van der Waals surface area contributed by atoms with Crippen LogP contribution in [-0.4, -0.2) is 15.8 Å². The third-order valence-corrected chi connectivity index (χ3v) is 2.97. The summed E-state index contributed by atoms with van der Waals surface area (Å²) in [5.74, 6) is -0.506. The van der Waals surface area contributed by atoms with Crippen molar-refractivity contribution in [1.82, 2.24) is 0 Å². The van der Waals surface area contributed by atoms with Crippen molar-refractivity contribution < 1.29 is 14.8 Å². The summed E-state index contributed by atoms with van der Waals surface area (Å²) in [7, 11) is 0. The molecular weight excluding hydrogens is 286 g/mol. The number of hydrogen-bond donors (Lipinski definition) is 1. The molecule has 0 bridgehead atoms. The molecule has 0 aliphatic heterocycles. The first-order valence-corrected chi connectivity index (χ1v) is 6.54. The van der Waals surface area contributed by atoms with Gasteiger partial charge in [-0.1, -0.05) is 13.0 Å². The predicted octanol–water partition coefficient (Wildman–Crippen LogP) is 4.31. The summed E-state index contributed by atoms with van der Waals surface area (Å²) in [5.41, 5.74) is 0.626. The molecule has 0 unspecified atom stereocenters. The van der Waals surface area contributed by atoms with Crippen LogP contribution in [0.1, 0.15) is 23.7 Å². The lowest BCUT2D eigenvalue weighted by molar-refractivity contribution is -0.385. The molecule has 22 heavy (non-hydrogen) atoms. The molecule has 0 radical (unpaired) electrons. The van der Waals surface area contributed by atoms with Crippen LogP contribution >= 0.6 is 0 Å². The van der Waals surface area contributed by atoms with E-state index in [4.69, 9.17) is 0 Å². The fraction of sp³-hybridized carbons (Fsp3) is 0.133. The first kappa shape index (κ1) is 15.3. The largest absolute Gasteiger partial charge is 0.501 e. The first-order chi connectivity index (χ1) is 10.5. The Hall–Kier alpha value is -3.09. The summed E-state index contributed by atoms with van der Waals surface area (Å²) in [6.07, 6.45) is 0.419. The fourth-order valence-electron chi connectivity index (χ4n) is 1.78. The molecular formula is C15H13N3O4. The quantitative estimate of drug-likeness (QED) is 0.384. The van der Waals surface area contributed by atoms with Gasteiger partial charge in [-0.15, -0.1) is 5.11 Å². The summed E-state index contributed by atoms with van der Waals surface area (Å²) in [6.45, 7) is 1.78. The maximum absolute atomic E-state index is 11.5. The molecule has 0 saturated heterocycles. The minimum atomic E-state index is -0.695. The van der Waals surface area contributed by atoms with Gasteiger partial charge in [0.05, 0.1) is 10.6 Å². The number of nitro benzene ring substituents is 1. The Morgan fingerprint density at radius 1 is 1.18 bits per heavy atom. The molecule has 2 aromatic rings. The van der Waals surface area contributed by atoms with E-state index in [1.807, 2.05) is 0 Å². The molecule has 0 aliphatic carbocycles. The number of carbonyl (C=O) groups is 1. The van der Waals surface area contributed by atoms with Gasteiger partial charge in [0.2, 0.25) is 5.75 Å². The third kappa shape index (κ3) is 3.32. The number of rotatable bonds is 5. The van der Waals surface area contributed by atoms with E-state index in [0.717, 1.165) is 0 Å². The zero-order chi connectivity index (χ0) is 16.1. The Labute approximate surface area is 126 Å². The van der Waals surface area contributed by atoms with Crippen LogP contribution in [-0.2, 0) is 0 Å². The van der Waals surface area contributed by atoms with Crippen LogP contribution in [0.5, 0.6) is 5.75 Å². The number of nitro groups is 1. The highest BCUT2D eigenvalue weighted by molar-refractivity contribution is 5.96.